The number of methoxy groups -OCH3 is 1. The van der Waals surface area contributed by atoms with E-state index < -0.39 is 119 Å². The van der Waals surface area contributed by atoms with E-state index in [9.17, 15) is 53.8 Å². The first-order valence-corrected chi connectivity index (χ1v) is 21.7. The number of aliphatic hydroxyl groups excluding tert-OH is 7. The van der Waals surface area contributed by atoms with Gasteiger partial charge in [0.25, 0.3) is 0 Å². The Bertz CT molecular complexity index is 1530. The monoisotopic (exact) mass is 860 g/mol. The van der Waals surface area contributed by atoms with Crippen LogP contribution >= 0.6 is 0 Å². The van der Waals surface area contributed by atoms with Gasteiger partial charge in [-0.25, -0.2) is 8.42 Å². The first kappa shape index (κ1) is 49.1. The van der Waals surface area contributed by atoms with Crippen molar-refractivity contribution in [2.24, 2.45) is 46.3 Å². The van der Waals surface area contributed by atoms with Crippen molar-refractivity contribution >= 4 is 10.4 Å². The van der Waals surface area contributed by atoms with Gasteiger partial charge in [0.05, 0.1) is 49.8 Å². The second-order valence-corrected chi connectivity index (χ2v) is 19.6. The van der Waals surface area contributed by atoms with Gasteiger partial charge >= 0.3 is 29.6 Å². The van der Waals surface area contributed by atoms with E-state index in [1.165, 1.54) is 7.11 Å². The van der Waals surface area contributed by atoms with Crippen molar-refractivity contribution in [2.45, 2.75) is 158 Å². The Balaban J connectivity index is 0.00000641. The first-order valence-electron chi connectivity index (χ1n) is 20.4. The molecule has 2 heterocycles. The van der Waals surface area contributed by atoms with Crippen molar-refractivity contribution in [1.82, 2.24) is 0 Å². The fraction of sp³-hybridized carbons (Fsp3) is 0.949. The van der Waals surface area contributed by atoms with Gasteiger partial charge in [0.1, 0.15) is 36.6 Å². The molecular formula is C39H65NaO17S. The zero-order valence-corrected chi connectivity index (χ0v) is 37.4. The molecule has 0 bridgehead atoms. The second-order valence-electron chi connectivity index (χ2n) is 18.6. The molecular weight excluding hydrogens is 795 g/mol. The van der Waals surface area contributed by atoms with Crippen LogP contribution in [-0.4, -0.2) is 160 Å². The fourth-order valence-electron chi connectivity index (χ4n) is 12.3. The minimum atomic E-state index is -5.33. The molecule has 21 atom stereocenters. The minimum absolute atomic E-state index is 0. The smallest absolute Gasteiger partial charge is 0.726 e. The van der Waals surface area contributed by atoms with Crippen LogP contribution in [0.15, 0.2) is 12.2 Å². The van der Waals surface area contributed by atoms with Crippen LogP contribution in [0, 0.1) is 46.3 Å². The summed E-state index contributed by atoms with van der Waals surface area (Å²) < 4.78 is 68.0. The molecule has 4 saturated carbocycles. The molecule has 330 valence electrons. The predicted octanol–water partition coefficient (Wildman–Crippen LogP) is -3.30. The Kier molecular flexibility index (Phi) is 15.8. The molecule has 6 aliphatic rings. The summed E-state index contributed by atoms with van der Waals surface area (Å²) in [7, 11) is -4.09. The molecule has 0 aromatic carbocycles. The van der Waals surface area contributed by atoms with Crippen molar-refractivity contribution < 1.29 is 111 Å². The molecule has 8 N–H and O–H groups in total. The van der Waals surface area contributed by atoms with Crippen molar-refractivity contribution in [3.63, 3.8) is 0 Å². The number of hydrogen-bond donors (Lipinski definition) is 8. The summed E-state index contributed by atoms with van der Waals surface area (Å²) in [6.07, 6.45) is -11.2. The Labute approximate surface area is 363 Å². The van der Waals surface area contributed by atoms with Gasteiger partial charge in [-0.1, -0.05) is 39.8 Å². The topological polar surface area (TPSA) is 274 Å². The van der Waals surface area contributed by atoms with E-state index >= 15 is 0 Å². The van der Waals surface area contributed by atoms with E-state index in [4.69, 9.17) is 23.7 Å². The summed E-state index contributed by atoms with van der Waals surface area (Å²) >= 11 is 0. The third-order valence-corrected chi connectivity index (χ3v) is 15.7. The number of aliphatic hydroxyl groups is 8. The summed E-state index contributed by atoms with van der Waals surface area (Å²) in [6, 6.07) is 0. The van der Waals surface area contributed by atoms with Crippen molar-refractivity contribution in [1.29, 1.82) is 0 Å². The van der Waals surface area contributed by atoms with E-state index in [2.05, 4.69) is 24.6 Å². The average Bonchev–Trinajstić information content (AvgIpc) is 3.41. The molecule has 19 heteroatoms. The minimum Gasteiger partial charge on any atom is -0.726 e. The number of rotatable bonds is 13. The second kappa shape index (κ2) is 18.7. The summed E-state index contributed by atoms with van der Waals surface area (Å²) in [6.45, 7) is 11.7. The van der Waals surface area contributed by atoms with Crippen LogP contribution in [0.3, 0.4) is 0 Å². The Hall–Kier alpha value is 0.0900. The molecule has 0 aromatic rings. The maximum absolute atomic E-state index is 12.6. The van der Waals surface area contributed by atoms with E-state index in [-0.39, 0.29) is 72.9 Å². The van der Waals surface area contributed by atoms with Gasteiger partial charge in [0.15, 0.2) is 12.6 Å². The SMILES string of the molecule is C=C(CCC(C)C1CC(O)C2C3(O)CC(O)C4C(O)C(O)CC[C@]4(C)C3CC[C@]12C)C(C)COC1OC[C@@H](O)C(OS(=O)(=O)[O-])C1O[C@@H]1OC[C@@H](O)C(O)C1OC.[Na+]. The molecule has 58 heavy (non-hydrogen) atoms. The molecule has 2 saturated heterocycles. The van der Waals surface area contributed by atoms with Crippen molar-refractivity contribution in [3.8, 4) is 0 Å². The molecule has 6 fully saturated rings. The third-order valence-electron chi connectivity index (χ3n) is 15.2. The van der Waals surface area contributed by atoms with E-state index in [1.807, 2.05) is 13.8 Å². The Morgan fingerprint density at radius 3 is 2.16 bits per heavy atom. The molecule has 0 aromatic heterocycles. The maximum atomic E-state index is 12.6. The van der Waals surface area contributed by atoms with Gasteiger partial charge < -0.3 is 69.1 Å². The third kappa shape index (κ3) is 9.19. The Morgan fingerprint density at radius 2 is 1.50 bits per heavy atom. The number of ether oxygens (including phenoxy) is 5. The van der Waals surface area contributed by atoms with Gasteiger partial charge in [-0.3, -0.25) is 4.18 Å². The van der Waals surface area contributed by atoms with Crippen molar-refractivity contribution in [3.05, 3.63) is 12.2 Å². The summed E-state index contributed by atoms with van der Waals surface area (Å²) in [5.41, 5.74) is -1.50. The predicted molar refractivity (Wildman–Crippen MR) is 197 cm³/mol. The van der Waals surface area contributed by atoms with Crippen LogP contribution in [-0.2, 0) is 38.3 Å². The molecule has 16 unspecified atom stereocenters. The number of hydrogen-bond acceptors (Lipinski definition) is 17. The van der Waals surface area contributed by atoms with E-state index in [1.54, 1.807) is 0 Å². The largest absolute Gasteiger partial charge is 1.00 e. The van der Waals surface area contributed by atoms with E-state index in [0.29, 0.717) is 32.1 Å². The maximum Gasteiger partial charge on any atom is 1.00 e. The van der Waals surface area contributed by atoms with Gasteiger partial charge in [-0.2, -0.15) is 0 Å². The zero-order chi connectivity index (χ0) is 42.0. The Morgan fingerprint density at radius 1 is 0.862 bits per heavy atom. The summed E-state index contributed by atoms with van der Waals surface area (Å²) in [5.74, 6) is -1.35. The molecule has 4 aliphatic carbocycles. The molecule has 6 rings (SSSR count). The van der Waals surface area contributed by atoms with Gasteiger partial charge in [0, 0.05) is 31.3 Å². The first-order chi connectivity index (χ1) is 26.6. The van der Waals surface area contributed by atoms with Gasteiger partial charge in [0.2, 0.25) is 10.4 Å². The number of fused-ring (bicyclic) bond motifs is 5. The quantitative estimate of drug-likeness (QED) is 0.0390. The zero-order valence-electron chi connectivity index (χ0n) is 34.5. The summed E-state index contributed by atoms with van der Waals surface area (Å²) in [4.78, 5) is 0. The van der Waals surface area contributed by atoms with Crippen LogP contribution in [0.2, 0.25) is 0 Å². The van der Waals surface area contributed by atoms with Crippen molar-refractivity contribution in [2.75, 3.05) is 26.9 Å². The molecule has 17 nitrogen and oxygen atoms in total. The molecule has 0 radical (unpaired) electrons. The molecule has 0 amide bonds. The van der Waals surface area contributed by atoms with E-state index in [0.717, 1.165) is 18.4 Å². The van der Waals surface area contributed by atoms with Gasteiger partial charge in [-0.15, -0.1) is 0 Å². The van der Waals surface area contributed by atoms with Crippen LogP contribution in [0.25, 0.3) is 0 Å². The van der Waals surface area contributed by atoms with Crippen LogP contribution < -0.4 is 29.6 Å². The normalized spacial score (nSPS) is 49.1. The van der Waals surface area contributed by atoms with Crippen LogP contribution in [0.1, 0.15) is 79.1 Å². The molecule has 2 aliphatic heterocycles. The standard InChI is InChI=1S/C39H66O17S.Na/c1-18(20(3)15-52-35-33(31(26(44)17-53-35)56-57(48,49)50)55-36-32(51-6)30(46)25(43)16-54-36)7-8-19(2)21-13-23(41)34-37(21,4)12-10-27-38(5)11-9-22(40)29(45)28(38)24(42)14-39(27,34)47;/h19-36,40-47H,1,7-17H2,2-6H3,(H,48,49,50);/q;+1/p-1/t19?,20?,21?,22?,23?,24?,25-,26-,27?,28?,29?,30?,31?,32?,33?,34?,35?,36+,37-,38-,39?;/m1./s1. The van der Waals surface area contributed by atoms with Crippen LogP contribution in [0.4, 0.5) is 0 Å². The average molecular weight is 861 g/mol. The summed E-state index contributed by atoms with van der Waals surface area (Å²) in [5, 5.41) is 88.2. The molecule has 0 spiro atoms. The van der Waals surface area contributed by atoms with Crippen LogP contribution in [0.5, 0.6) is 0 Å². The van der Waals surface area contributed by atoms with Gasteiger partial charge in [-0.05, 0) is 73.5 Å². The fourth-order valence-corrected chi connectivity index (χ4v) is 12.8.